The van der Waals surface area contributed by atoms with Crippen LogP contribution < -0.4 is 0 Å². The minimum absolute atomic E-state index is 0.0152. The van der Waals surface area contributed by atoms with Crippen LogP contribution in [0.3, 0.4) is 0 Å². The van der Waals surface area contributed by atoms with E-state index in [9.17, 15) is 5.11 Å². The Hall–Kier alpha value is -1.12. The van der Waals surface area contributed by atoms with Crippen LogP contribution in [0, 0.1) is 11.8 Å². The van der Waals surface area contributed by atoms with Crippen molar-refractivity contribution in [2.75, 3.05) is 0 Å². The van der Waals surface area contributed by atoms with Gasteiger partial charge in [0.2, 0.25) is 0 Å². The highest BCUT2D eigenvalue weighted by Gasteiger charge is 2.30. The molecule has 0 fully saturated rings. The highest BCUT2D eigenvalue weighted by molar-refractivity contribution is 5.14. The zero-order valence-electron chi connectivity index (χ0n) is 10.4. The van der Waals surface area contributed by atoms with E-state index in [1.807, 2.05) is 38.1 Å². The monoisotopic (exact) mass is 232 g/mol. The predicted molar refractivity (Wildman–Crippen MR) is 68.5 cm³/mol. The lowest BCUT2D eigenvalue weighted by atomic mass is 9.84. The van der Waals surface area contributed by atoms with Crippen molar-refractivity contribution >= 4 is 0 Å². The molecule has 1 aliphatic carbocycles. The van der Waals surface area contributed by atoms with Crippen molar-refractivity contribution in [3.05, 3.63) is 48.0 Å². The molecular formula is C15H20O2. The molecule has 0 bridgehead atoms. The Morgan fingerprint density at radius 3 is 2.53 bits per heavy atom. The first-order valence-corrected chi connectivity index (χ1v) is 6.20. The third-order valence-electron chi connectivity index (χ3n) is 3.49. The molecule has 4 atom stereocenters. The van der Waals surface area contributed by atoms with Crippen molar-refractivity contribution in [1.82, 2.24) is 0 Å². The molecule has 0 radical (unpaired) electrons. The zero-order chi connectivity index (χ0) is 12.3. The van der Waals surface area contributed by atoms with Crippen LogP contribution >= 0.6 is 0 Å². The Kier molecular flexibility index (Phi) is 3.97. The van der Waals surface area contributed by atoms with Gasteiger partial charge in [-0.2, -0.15) is 0 Å². The third kappa shape index (κ3) is 2.96. The molecule has 0 unspecified atom stereocenters. The normalized spacial score (nSPS) is 32.6. The summed E-state index contributed by atoms with van der Waals surface area (Å²) >= 11 is 0. The predicted octanol–water partition coefficient (Wildman–Crippen LogP) is 2.77. The molecule has 0 spiro atoms. The molecule has 0 aliphatic heterocycles. The van der Waals surface area contributed by atoms with Crippen molar-refractivity contribution in [1.29, 1.82) is 0 Å². The summed E-state index contributed by atoms with van der Waals surface area (Å²) < 4.78 is 5.85. The first-order chi connectivity index (χ1) is 8.18. The molecule has 1 aromatic rings. The van der Waals surface area contributed by atoms with Gasteiger partial charge in [-0.15, -0.1) is 0 Å². The van der Waals surface area contributed by atoms with Gasteiger partial charge in [0.05, 0.1) is 18.8 Å². The summed E-state index contributed by atoms with van der Waals surface area (Å²) in [6.07, 6.45) is 3.83. The summed E-state index contributed by atoms with van der Waals surface area (Å²) in [4.78, 5) is 0. The highest BCUT2D eigenvalue weighted by atomic mass is 16.5. The molecule has 2 rings (SSSR count). The molecule has 0 amide bonds. The molecule has 0 heterocycles. The Morgan fingerprint density at radius 1 is 1.12 bits per heavy atom. The largest absolute Gasteiger partial charge is 0.392 e. The van der Waals surface area contributed by atoms with E-state index in [0.717, 1.165) is 0 Å². The van der Waals surface area contributed by atoms with Crippen LogP contribution in [0.15, 0.2) is 42.5 Å². The van der Waals surface area contributed by atoms with E-state index >= 15 is 0 Å². The number of ether oxygens (including phenoxy) is 1. The molecule has 1 aromatic carbocycles. The quantitative estimate of drug-likeness (QED) is 0.812. The van der Waals surface area contributed by atoms with Crippen molar-refractivity contribution < 1.29 is 9.84 Å². The van der Waals surface area contributed by atoms with Gasteiger partial charge < -0.3 is 9.84 Å². The summed E-state index contributed by atoms with van der Waals surface area (Å²) in [6.45, 7) is 4.67. The van der Waals surface area contributed by atoms with E-state index in [0.29, 0.717) is 6.61 Å². The van der Waals surface area contributed by atoms with Crippen LogP contribution in [-0.4, -0.2) is 17.3 Å². The minimum Gasteiger partial charge on any atom is -0.392 e. The number of hydrogen-bond donors (Lipinski definition) is 1. The maximum atomic E-state index is 9.98. The van der Waals surface area contributed by atoms with Crippen LogP contribution in [0.5, 0.6) is 0 Å². The smallest absolute Gasteiger partial charge is 0.0810 e. The summed E-state index contributed by atoms with van der Waals surface area (Å²) in [6, 6.07) is 10.1. The maximum absolute atomic E-state index is 9.98. The molecule has 0 saturated heterocycles. The average molecular weight is 232 g/mol. The first kappa shape index (κ1) is 12.3. The van der Waals surface area contributed by atoms with Gasteiger partial charge in [0.15, 0.2) is 0 Å². The van der Waals surface area contributed by atoms with Crippen molar-refractivity contribution in [3.8, 4) is 0 Å². The summed E-state index contributed by atoms with van der Waals surface area (Å²) in [7, 11) is 0. The van der Waals surface area contributed by atoms with Gasteiger partial charge in [-0.25, -0.2) is 0 Å². The van der Waals surface area contributed by atoms with Gasteiger partial charge >= 0.3 is 0 Å². The number of rotatable bonds is 3. The molecule has 92 valence electrons. The van der Waals surface area contributed by atoms with Crippen molar-refractivity contribution in [3.63, 3.8) is 0 Å². The van der Waals surface area contributed by atoms with Gasteiger partial charge in [-0.05, 0) is 5.56 Å². The average Bonchev–Trinajstić information content (AvgIpc) is 2.36. The second kappa shape index (κ2) is 5.48. The summed E-state index contributed by atoms with van der Waals surface area (Å²) in [5.74, 6) is 0.375. The second-order valence-electron chi connectivity index (χ2n) is 4.85. The van der Waals surface area contributed by atoms with E-state index in [4.69, 9.17) is 4.74 Å². The SMILES string of the molecule is C[C@H]1[C@@H](O)[C@@H](C)C=C[C@@H]1OCc1ccccc1. The lowest BCUT2D eigenvalue weighted by molar-refractivity contribution is -0.0324. The van der Waals surface area contributed by atoms with Gasteiger partial charge in [0, 0.05) is 11.8 Å². The molecule has 1 N–H and O–H groups in total. The van der Waals surface area contributed by atoms with Gasteiger partial charge in [-0.3, -0.25) is 0 Å². The Bertz CT molecular complexity index is 372. The Morgan fingerprint density at radius 2 is 1.82 bits per heavy atom. The molecule has 2 nitrogen and oxygen atoms in total. The van der Waals surface area contributed by atoms with E-state index in [2.05, 4.69) is 18.2 Å². The second-order valence-corrected chi connectivity index (χ2v) is 4.85. The maximum Gasteiger partial charge on any atom is 0.0810 e. The minimum atomic E-state index is -0.305. The van der Waals surface area contributed by atoms with Gasteiger partial charge in [0.25, 0.3) is 0 Å². The fourth-order valence-electron chi connectivity index (χ4n) is 2.22. The lowest BCUT2D eigenvalue weighted by Crippen LogP contribution is -2.37. The topological polar surface area (TPSA) is 29.5 Å². The fraction of sp³-hybridized carbons (Fsp3) is 0.467. The standard InChI is InChI=1S/C15H20O2/c1-11-8-9-14(12(2)15(11)16)17-10-13-6-4-3-5-7-13/h3-9,11-12,14-16H,10H2,1-2H3/t11-,12+,14-,15-/m0/s1. The lowest BCUT2D eigenvalue weighted by Gasteiger charge is -2.32. The summed E-state index contributed by atoms with van der Waals surface area (Å²) in [5, 5.41) is 9.98. The molecule has 0 saturated carbocycles. The number of hydrogen-bond acceptors (Lipinski definition) is 2. The highest BCUT2D eigenvalue weighted by Crippen LogP contribution is 2.26. The Balaban J connectivity index is 1.94. The van der Waals surface area contributed by atoms with Crippen LogP contribution in [0.2, 0.25) is 0 Å². The van der Waals surface area contributed by atoms with Crippen LogP contribution in [0.4, 0.5) is 0 Å². The van der Waals surface area contributed by atoms with Crippen molar-refractivity contribution in [2.24, 2.45) is 11.8 Å². The molecule has 17 heavy (non-hydrogen) atoms. The molecule has 0 aromatic heterocycles. The third-order valence-corrected chi connectivity index (χ3v) is 3.49. The first-order valence-electron chi connectivity index (χ1n) is 6.20. The van der Waals surface area contributed by atoms with Crippen LogP contribution in [-0.2, 0) is 11.3 Å². The Labute approximate surface area is 103 Å². The van der Waals surface area contributed by atoms with E-state index < -0.39 is 0 Å². The summed E-state index contributed by atoms with van der Waals surface area (Å²) in [5.41, 5.74) is 1.17. The molecule has 2 heteroatoms. The van der Waals surface area contributed by atoms with Crippen LogP contribution in [0.1, 0.15) is 19.4 Å². The molecular weight excluding hydrogens is 212 g/mol. The van der Waals surface area contributed by atoms with E-state index in [-0.39, 0.29) is 24.0 Å². The zero-order valence-corrected chi connectivity index (χ0v) is 10.4. The van der Waals surface area contributed by atoms with E-state index in [1.54, 1.807) is 0 Å². The fourth-order valence-corrected chi connectivity index (χ4v) is 2.22. The number of benzene rings is 1. The molecule has 1 aliphatic rings. The number of aliphatic hydroxyl groups excluding tert-OH is 1. The van der Waals surface area contributed by atoms with Crippen molar-refractivity contribution in [2.45, 2.75) is 32.7 Å². The van der Waals surface area contributed by atoms with Gasteiger partial charge in [0.1, 0.15) is 0 Å². The van der Waals surface area contributed by atoms with Crippen LogP contribution in [0.25, 0.3) is 0 Å². The van der Waals surface area contributed by atoms with Gasteiger partial charge in [-0.1, -0.05) is 56.3 Å². The van der Waals surface area contributed by atoms with E-state index in [1.165, 1.54) is 5.56 Å². The number of aliphatic hydroxyl groups is 1.